The van der Waals surface area contributed by atoms with E-state index in [0.717, 1.165) is 38.9 Å². The van der Waals surface area contributed by atoms with E-state index in [1.165, 1.54) is 5.56 Å². The van der Waals surface area contributed by atoms with Crippen molar-refractivity contribution in [2.24, 2.45) is 5.73 Å². The van der Waals surface area contributed by atoms with Gasteiger partial charge in [0.15, 0.2) is 0 Å². The van der Waals surface area contributed by atoms with Gasteiger partial charge in [-0.05, 0) is 31.4 Å². The van der Waals surface area contributed by atoms with Crippen LogP contribution < -0.4 is 5.73 Å². The Balaban J connectivity index is 1.89. The topological polar surface area (TPSA) is 38.5 Å². The van der Waals surface area contributed by atoms with E-state index in [2.05, 4.69) is 35.2 Å². The van der Waals surface area contributed by atoms with Crippen LogP contribution in [0.4, 0.5) is 0 Å². The Hall–Kier alpha value is -0.900. The number of likely N-dealkylation sites (tertiary alicyclic amines) is 1. The van der Waals surface area contributed by atoms with Gasteiger partial charge in [0.1, 0.15) is 0 Å². The van der Waals surface area contributed by atoms with E-state index in [-0.39, 0.29) is 5.54 Å². The summed E-state index contributed by atoms with van der Waals surface area (Å²) >= 11 is 0. The highest BCUT2D eigenvalue weighted by Gasteiger charge is 2.28. The monoisotopic (exact) mass is 248 g/mol. The largest absolute Gasteiger partial charge is 0.383 e. The molecule has 0 radical (unpaired) electrons. The van der Waals surface area contributed by atoms with E-state index in [1.807, 2.05) is 0 Å². The predicted octanol–water partition coefficient (Wildman–Crippen LogP) is 2.02. The summed E-state index contributed by atoms with van der Waals surface area (Å²) in [6.07, 6.45) is 3.24. The lowest BCUT2D eigenvalue weighted by Crippen LogP contribution is -2.45. The van der Waals surface area contributed by atoms with Gasteiger partial charge in [-0.3, -0.25) is 4.90 Å². The first-order chi connectivity index (χ1) is 8.72. The van der Waals surface area contributed by atoms with E-state index < -0.39 is 0 Å². The second kappa shape index (κ2) is 6.32. The predicted molar refractivity (Wildman–Crippen MR) is 74.4 cm³/mol. The summed E-state index contributed by atoms with van der Waals surface area (Å²) in [7, 11) is 1.74. The van der Waals surface area contributed by atoms with Gasteiger partial charge in [0, 0.05) is 25.7 Å². The van der Waals surface area contributed by atoms with Gasteiger partial charge < -0.3 is 10.5 Å². The zero-order valence-electron chi connectivity index (χ0n) is 11.3. The van der Waals surface area contributed by atoms with E-state index in [1.54, 1.807) is 7.11 Å². The summed E-state index contributed by atoms with van der Waals surface area (Å²) in [6.45, 7) is 3.91. The summed E-state index contributed by atoms with van der Waals surface area (Å²) in [5.74, 6) is 0. The first kappa shape index (κ1) is 13.5. The van der Waals surface area contributed by atoms with Crippen LogP contribution in [0, 0.1) is 0 Å². The highest BCUT2D eigenvalue weighted by atomic mass is 16.5. The maximum atomic E-state index is 6.37. The van der Waals surface area contributed by atoms with E-state index in [4.69, 9.17) is 10.5 Å². The Morgan fingerprint density at radius 3 is 2.72 bits per heavy atom. The second-order valence-electron chi connectivity index (χ2n) is 5.41. The van der Waals surface area contributed by atoms with Gasteiger partial charge in [0.25, 0.3) is 0 Å². The highest BCUT2D eigenvalue weighted by Crippen LogP contribution is 2.21. The molecular formula is C15H24N2O. The fourth-order valence-electron chi connectivity index (χ4n) is 2.70. The zero-order valence-corrected chi connectivity index (χ0v) is 11.3. The number of hydrogen-bond acceptors (Lipinski definition) is 3. The Morgan fingerprint density at radius 1 is 1.22 bits per heavy atom. The van der Waals surface area contributed by atoms with E-state index in [9.17, 15) is 0 Å². The average Bonchev–Trinajstić information content (AvgIpc) is 2.54. The standard InChI is InChI=1S/C15H24N2O/c1-18-13-15(16)8-5-10-17(11-9-15)12-14-6-3-2-4-7-14/h2-4,6-7H,5,8-13,16H2,1H3. The molecule has 18 heavy (non-hydrogen) atoms. The number of methoxy groups -OCH3 is 1. The summed E-state index contributed by atoms with van der Waals surface area (Å²) in [5.41, 5.74) is 7.63. The summed E-state index contributed by atoms with van der Waals surface area (Å²) < 4.78 is 5.25. The third-order valence-electron chi connectivity index (χ3n) is 3.76. The zero-order chi connectivity index (χ0) is 12.8. The van der Waals surface area contributed by atoms with Crippen molar-refractivity contribution in [3.05, 3.63) is 35.9 Å². The molecule has 0 aromatic heterocycles. The third kappa shape index (κ3) is 3.80. The molecule has 0 amide bonds. The van der Waals surface area contributed by atoms with Crippen molar-refractivity contribution in [1.29, 1.82) is 0 Å². The minimum atomic E-state index is -0.125. The SMILES string of the molecule is COCC1(N)CCCN(Cc2ccccc2)CC1. The van der Waals surface area contributed by atoms with Crippen molar-refractivity contribution in [1.82, 2.24) is 4.90 Å². The van der Waals surface area contributed by atoms with Crippen molar-refractivity contribution < 1.29 is 4.74 Å². The minimum absolute atomic E-state index is 0.125. The molecule has 1 atom stereocenters. The fraction of sp³-hybridized carbons (Fsp3) is 0.600. The quantitative estimate of drug-likeness (QED) is 0.886. The van der Waals surface area contributed by atoms with E-state index in [0.29, 0.717) is 6.61 Å². The molecule has 3 heteroatoms. The molecule has 3 nitrogen and oxygen atoms in total. The first-order valence-electron chi connectivity index (χ1n) is 6.76. The Bertz CT molecular complexity index is 355. The van der Waals surface area contributed by atoms with Gasteiger partial charge in [0.2, 0.25) is 0 Å². The van der Waals surface area contributed by atoms with Crippen molar-refractivity contribution in [2.75, 3.05) is 26.8 Å². The van der Waals surface area contributed by atoms with Gasteiger partial charge in [-0.1, -0.05) is 30.3 Å². The molecule has 0 aliphatic carbocycles. The Labute approximate surface area is 110 Å². The molecule has 1 aromatic rings. The van der Waals surface area contributed by atoms with Crippen LogP contribution in [-0.2, 0) is 11.3 Å². The van der Waals surface area contributed by atoms with Crippen molar-refractivity contribution in [2.45, 2.75) is 31.3 Å². The average molecular weight is 248 g/mol. The van der Waals surface area contributed by atoms with Crippen LogP contribution in [0.25, 0.3) is 0 Å². The molecule has 1 aliphatic heterocycles. The molecule has 1 heterocycles. The molecule has 0 bridgehead atoms. The van der Waals surface area contributed by atoms with Gasteiger partial charge in [-0.15, -0.1) is 0 Å². The van der Waals surface area contributed by atoms with Crippen molar-refractivity contribution >= 4 is 0 Å². The minimum Gasteiger partial charge on any atom is -0.383 e. The first-order valence-corrected chi connectivity index (χ1v) is 6.76. The lowest BCUT2D eigenvalue weighted by Gasteiger charge is -2.27. The van der Waals surface area contributed by atoms with E-state index >= 15 is 0 Å². The van der Waals surface area contributed by atoms with Gasteiger partial charge >= 0.3 is 0 Å². The third-order valence-corrected chi connectivity index (χ3v) is 3.76. The number of ether oxygens (including phenoxy) is 1. The molecule has 0 spiro atoms. The molecular weight excluding hydrogens is 224 g/mol. The Kier molecular flexibility index (Phi) is 4.75. The number of benzene rings is 1. The van der Waals surface area contributed by atoms with Crippen LogP contribution in [-0.4, -0.2) is 37.2 Å². The molecule has 2 rings (SSSR count). The molecule has 1 aliphatic rings. The fourth-order valence-corrected chi connectivity index (χ4v) is 2.70. The normalized spacial score (nSPS) is 25.9. The van der Waals surface area contributed by atoms with Crippen LogP contribution in [0.1, 0.15) is 24.8 Å². The number of rotatable bonds is 4. The lowest BCUT2D eigenvalue weighted by molar-refractivity contribution is 0.122. The van der Waals surface area contributed by atoms with Gasteiger partial charge in [-0.25, -0.2) is 0 Å². The summed E-state index contributed by atoms with van der Waals surface area (Å²) in [6, 6.07) is 10.7. The van der Waals surface area contributed by atoms with Gasteiger partial charge in [0.05, 0.1) is 6.61 Å². The lowest BCUT2D eigenvalue weighted by atomic mass is 9.93. The highest BCUT2D eigenvalue weighted by molar-refractivity contribution is 5.14. The van der Waals surface area contributed by atoms with Crippen LogP contribution in [0.2, 0.25) is 0 Å². The number of nitrogens with two attached hydrogens (primary N) is 1. The second-order valence-corrected chi connectivity index (χ2v) is 5.41. The maximum Gasteiger partial charge on any atom is 0.0642 e. The van der Waals surface area contributed by atoms with Crippen LogP contribution >= 0.6 is 0 Å². The van der Waals surface area contributed by atoms with Gasteiger partial charge in [-0.2, -0.15) is 0 Å². The molecule has 1 fully saturated rings. The Morgan fingerprint density at radius 2 is 2.00 bits per heavy atom. The molecule has 1 unspecified atom stereocenters. The molecule has 2 N–H and O–H groups in total. The molecule has 100 valence electrons. The molecule has 0 saturated carbocycles. The number of nitrogens with zero attached hydrogens (tertiary/aromatic N) is 1. The molecule has 1 saturated heterocycles. The smallest absolute Gasteiger partial charge is 0.0642 e. The van der Waals surface area contributed by atoms with Crippen LogP contribution in [0.3, 0.4) is 0 Å². The molecule has 1 aromatic carbocycles. The van der Waals surface area contributed by atoms with Crippen molar-refractivity contribution in [3.63, 3.8) is 0 Å². The number of hydrogen-bond donors (Lipinski definition) is 1. The maximum absolute atomic E-state index is 6.37. The van der Waals surface area contributed by atoms with Crippen LogP contribution in [0.15, 0.2) is 30.3 Å². The van der Waals surface area contributed by atoms with Crippen LogP contribution in [0.5, 0.6) is 0 Å². The summed E-state index contributed by atoms with van der Waals surface area (Å²) in [4.78, 5) is 2.50. The van der Waals surface area contributed by atoms with Crippen molar-refractivity contribution in [3.8, 4) is 0 Å². The summed E-state index contributed by atoms with van der Waals surface area (Å²) in [5, 5.41) is 0.